The number of carbonyl (C=O) groups is 1. The molecule has 2 aromatic rings. The van der Waals surface area contributed by atoms with E-state index in [2.05, 4.69) is 10.3 Å². The molecule has 0 spiro atoms. The van der Waals surface area contributed by atoms with E-state index in [1.54, 1.807) is 24.4 Å². The number of hydrogen-bond acceptors (Lipinski definition) is 4. The van der Waals surface area contributed by atoms with E-state index in [4.69, 9.17) is 10.5 Å². The number of alkyl carbamates (subject to hydrolysis) is 1. The summed E-state index contributed by atoms with van der Waals surface area (Å²) in [6.45, 7) is 0.619. The molecule has 0 aliphatic carbocycles. The first-order valence-corrected chi connectivity index (χ1v) is 6.57. The van der Waals surface area contributed by atoms with Gasteiger partial charge in [-0.05, 0) is 17.7 Å². The fourth-order valence-corrected chi connectivity index (χ4v) is 1.67. The van der Waals surface area contributed by atoms with E-state index in [-0.39, 0.29) is 6.61 Å². The Kier molecular flexibility index (Phi) is 5.34. The lowest BCUT2D eigenvalue weighted by Gasteiger charge is -2.05. The van der Waals surface area contributed by atoms with E-state index in [0.717, 1.165) is 11.1 Å². The van der Waals surface area contributed by atoms with Crippen LogP contribution in [0.3, 0.4) is 0 Å². The number of pyridine rings is 1. The first-order chi connectivity index (χ1) is 10.3. The lowest BCUT2D eigenvalue weighted by atomic mass is 10.2. The van der Waals surface area contributed by atoms with Crippen LogP contribution in [0, 0.1) is 0 Å². The smallest absolute Gasteiger partial charge is 0.407 e. The maximum atomic E-state index is 11.5. The average Bonchev–Trinajstić information content (AvgIpc) is 2.52. The van der Waals surface area contributed by atoms with Crippen molar-refractivity contribution in [2.24, 2.45) is 0 Å². The Balaban J connectivity index is 1.71. The lowest BCUT2D eigenvalue weighted by molar-refractivity contribution is 0.141. The number of amides is 1. The highest BCUT2D eigenvalue weighted by Crippen LogP contribution is 2.08. The number of ether oxygens (including phenoxy) is 1. The van der Waals surface area contributed by atoms with Crippen molar-refractivity contribution in [2.75, 3.05) is 12.3 Å². The van der Waals surface area contributed by atoms with Gasteiger partial charge in [-0.25, -0.2) is 9.78 Å². The molecule has 3 N–H and O–H groups in total. The molecular weight excluding hydrogens is 266 g/mol. The number of benzene rings is 1. The van der Waals surface area contributed by atoms with Crippen LogP contribution in [0.4, 0.5) is 10.6 Å². The fourth-order valence-electron chi connectivity index (χ4n) is 1.67. The van der Waals surface area contributed by atoms with Crippen LogP contribution >= 0.6 is 0 Å². The zero-order valence-electron chi connectivity index (χ0n) is 11.5. The lowest BCUT2D eigenvalue weighted by Crippen LogP contribution is -2.24. The number of carbonyl (C=O) groups excluding carboxylic acids is 1. The van der Waals surface area contributed by atoms with Crippen molar-refractivity contribution in [1.82, 2.24) is 10.3 Å². The Bertz CT molecular complexity index is 612. The van der Waals surface area contributed by atoms with Crippen LogP contribution in [-0.2, 0) is 11.3 Å². The summed E-state index contributed by atoms with van der Waals surface area (Å²) in [6, 6.07) is 13.2. The molecule has 0 fully saturated rings. The Morgan fingerprint density at radius 1 is 1.24 bits per heavy atom. The Morgan fingerprint density at radius 3 is 2.81 bits per heavy atom. The molecule has 5 nitrogen and oxygen atoms in total. The monoisotopic (exact) mass is 283 g/mol. The van der Waals surface area contributed by atoms with Crippen LogP contribution < -0.4 is 11.1 Å². The predicted molar refractivity (Wildman–Crippen MR) is 82.3 cm³/mol. The zero-order chi connectivity index (χ0) is 14.9. The van der Waals surface area contributed by atoms with Crippen LogP contribution in [0.5, 0.6) is 0 Å². The topological polar surface area (TPSA) is 77.2 Å². The molecule has 0 saturated heterocycles. The van der Waals surface area contributed by atoms with Gasteiger partial charge in [-0.2, -0.15) is 0 Å². The second kappa shape index (κ2) is 7.69. The standard InChI is InChI=1S/C16H17N3O2/c17-15-14(8-4-10-18-15)9-5-11-19-16(20)21-12-13-6-2-1-3-7-13/h1-10H,11-12H2,(H2,17,18)(H,19,20). The minimum Gasteiger partial charge on any atom is -0.445 e. The Hall–Kier alpha value is -2.82. The van der Waals surface area contributed by atoms with Crippen molar-refractivity contribution in [2.45, 2.75) is 6.61 Å². The van der Waals surface area contributed by atoms with Gasteiger partial charge in [0.2, 0.25) is 0 Å². The molecule has 1 aromatic carbocycles. The van der Waals surface area contributed by atoms with Gasteiger partial charge in [-0.3, -0.25) is 0 Å². The number of anilines is 1. The normalized spacial score (nSPS) is 10.5. The third-order valence-corrected chi connectivity index (χ3v) is 2.75. The summed E-state index contributed by atoms with van der Waals surface area (Å²) in [6.07, 6.45) is 4.77. The minimum atomic E-state index is -0.456. The van der Waals surface area contributed by atoms with E-state index in [0.29, 0.717) is 12.4 Å². The molecule has 0 aliphatic heterocycles. The van der Waals surface area contributed by atoms with Gasteiger partial charge in [0.1, 0.15) is 12.4 Å². The van der Waals surface area contributed by atoms with Crippen LogP contribution in [0.1, 0.15) is 11.1 Å². The van der Waals surface area contributed by atoms with E-state index in [1.165, 1.54) is 0 Å². The third kappa shape index (κ3) is 4.99. The molecule has 1 amide bonds. The van der Waals surface area contributed by atoms with E-state index in [1.807, 2.05) is 36.4 Å². The largest absolute Gasteiger partial charge is 0.445 e. The molecule has 0 atom stereocenters. The molecular formula is C16H17N3O2. The van der Waals surface area contributed by atoms with Crippen LogP contribution in [0.15, 0.2) is 54.7 Å². The molecule has 2 rings (SSSR count). The van der Waals surface area contributed by atoms with Crippen molar-refractivity contribution in [3.63, 3.8) is 0 Å². The van der Waals surface area contributed by atoms with E-state index in [9.17, 15) is 4.79 Å². The SMILES string of the molecule is Nc1ncccc1C=CCNC(=O)OCc1ccccc1. The van der Waals surface area contributed by atoms with Crippen molar-refractivity contribution < 1.29 is 9.53 Å². The van der Waals surface area contributed by atoms with Crippen molar-refractivity contribution >= 4 is 18.0 Å². The van der Waals surface area contributed by atoms with Gasteiger partial charge in [0, 0.05) is 18.3 Å². The van der Waals surface area contributed by atoms with Gasteiger partial charge in [0.25, 0.3) is 0 Å². The highest BCUT2D eigenvalue weighted by Gasteiger charge is 2.00. The summed E-state index contributed by atoms with van der Waals surface area (Å²) >= 11 is 0. The summed E-state index contributed by atoms with van der Waals surface area (Å²) in [5, 5.41) is 2.63. The van der Waals surface area contributed by atoms with Crippen LogP contribution in [-0.4, -0.2) is 17.6 Å². The molecule has 0 aliphatic rings. The maximum absolute atomic E-state index is 11.5. The van der Waals surface area contributed by atoms with E-state index < -0.39 is 6.09 Å². The summed E-state index contributed by atoms with van der Waals surface area (Å²) in [5.74, 6) is 0.459. The molecule has 0 radical (unpaired) electrons. The average molecular weight is 283 g/mol. The van der Waals surface area contributed by atoms with Crippen LogP contribution in [0.2, 0.25) is 0 Å². The molecule has 5 heteroatoms. The Morgan fingerprint density at radius 2 is 2.05 bits per heavy atom. The fraction of sp³-hybridized carbons (Fsp3) is 0.125. The molecule has 0 unspecified atom stereocenters. The first kappa shape index (κ1) is 14.6. The second-order valence-electron chi connectivity index (χ2n) is 4.32. The summed E-state index contributed by atoms with van der Waals surface area (Å²) in [7, 11) is 0. The molecule has 108 valence electrons. The van der Waals surface area contributed by atoms with Crippen LogP contribution in [0.25, 0.3) is 6.08 Å². The third-order valence-electron chi connectivity index (χ3n) is 2.75. The predicted octanol–water partition coefficient (Wildman–Crippen LogP) is 2.60. The minimum absolute atomic E-state index is 0.256. The van der Waals surface area contributed by atoms with Gasteiger partial charge in [-0.15, -0.1) is 0 Å². The highest BCUT2D eigenvalue weighted by molar-refractivity contribution is 5.68. The van der Waals surface area contributed by atoms with Crippen molar-refractivity contribution in [1.29, 1.82) is 0 Å². The van der Waals surface area contributed by atoms with Gasteiger partial charge in [-0.1, -0.05) is 42.5 Å². The number of nitrogen functional groups attached to an aromatic ring is 1. The Labute approximate surface area is 123 Å². The number of nitrogens with zero attached hydrogens (tertiary/aromatic N) is 1. The number of nitrogens with two attached hydrogens (primary N) is 1. The first-order valence-electron chi connectivity index (χ1n) is 6.57. The molecule has 0 saturated carbocycles. The second-order valence-corrected chi connectivity index (χ2v) is 4.32. The highest BCUT2D eigenvalue weighted by atomic mass is 16.5. The zero-order valence-corrected chi connectivity index (χ0v) is 11.5. The number of aromatic nitrogens is 1. The number of hydrogen-bond donors (Lipinski definition) is 2. The summed E-state index contributed by atoms with van der Waals surface area (Å²) in [4.78, 5) is 15.5. The summed E-state index contributed by atoms with van der Waals surface area (Å²) in [5.41, 5.74) is 7.47. The maximum Gasteiger partial charge on any atom is 0.407 e. The number of rotatable bonds is 5. The van der Waals surface area contributed by atoms with Gasteiger partial charge in [0.05, 0.1) is 0 Å². The van der Waals surface area contributed by atoms with Crippen molar-refractivity contribution in [3.8, 4) is 0 Å². The quantitative estimate of drug-likeness (QED) is 0.884. The molecule has 0 bridgehead atoms. The molecule has 1 aromatic heterocycles. The van der Waals surface area contributed by atoms with Gasteiger partial charge in [0.15, 0.2) is 0 Å². The molecule has 21 heavy (non-hydrogen) atoms. The van der Waals surface area contributed by atoms with Gasteiger partial charge >= 0.3 is 6.09 Å². The van der Waals surface area contributed by atoms with Crippen molar-refractivity contribution in [3.05, 3.63) is 65.9 Å². The van der Waals surface area contributed by atoms with Gasteiger partial charge < -0.3 is 15.8 Å². The van der Waals surface area contributed by atoms with E-state index >= 15 is 0 Å². The number of nitrogens with one attached hydrogen (secondary N) is 1. The molecule has 1 heterocycles. The summed E-state index contributed by atoms with van der Waals surface area (Å²) < 4.78 is 5.08.